The molecule has 2 aromatic rings. The van der Waals surface area contributed by atoms with E-state index in [-0.39, 0.29) is 11.8 Å². The summed E-state index contributed by atoms with van der Waals surface area (Å²) in [6, 6.07) is 2.12. The SMILES string of the molecule is CN1CCN(c2cc3c(cc2F)c(=O)c(C(=O)O)cn3[C@H]2C[C@@H]2F)CC1. The Kier molecular flexibility index (Phi) is 3.95. The van der Waals surface area contributed by atoms with E-state index in [0.717, 1.165) is 19.2 Å². The summed E-state index contributed by atoms with van der Waals surface area (Å²) < 4.78 is 29.9. The molecular formula is C18H19F2N3O3. The number of rotatable bonds is 3. The zero-order valence-electron chi connectivity index (χ0n) is 14.3. The summed E-state index contributed by atoms with van der Waals surface area (Å²) in [5.74, 6) is -1.97. The monoisotopic (exact) mass is 363 g/mol. The van der Waals surface area contributed by atoms with Crippen LogP contribution in [0.5, 0.6) is 0 Å². The Morgan fingerprint density at radius 2 is 1.88 bits per heavy atom. The molecule has 1 N–H and O–H groups in total. The molecule has 4 rings (SSSR count). The predicted octanol–water partition coefficient (Wildman–Crippen LogP) is 1.87. The molecule has 8 heteroatoms. The standard InChI is InChI=1S/C18H19F2N3O3/c1-21-2-4-22(5-3-21)15-8-14-10(6-12(15)19)17(24)11(18(25)26)9-23(14)16-7-13(16)20/h6,8-9,13,16H,2-5,7H2,1H3,(H,25,26)/t13-,16-/m0/s1. The van der Waals surface area contributed by atoms with Crippen molar-refractivity contribution in [1.82, 2.24) is 9.47 Å². The molecule has 0 spiro atoms. The summed E-state index contributed by atoms with van der Waals surface area (Å²) in [5, 5.41) is 9.23. The number of halogens is 2. The number of likely N-dealkylation sites (N-methyl/N-ethyl adjacent to an activating group) is 1. The number of anilines is 1. The van der Waals surface area contributed by atoms with E-state index in [1.807, 2.05) is 11.9 Å². The van der Waals surface area contributed by atoms with Gasteiger partial charge in [-0.15, -0.1) is 0 Å². The Hall–Kier alpha value is -2.48. The van der Waals surface area contributed by atoms with Crippen molar-refractivity contribution in [3.8, 4) is 0 Å². The number of aromatic carboxylic acids is 1. The molecule has 1 saturated heterocycles. The third-order valence-electron chi connectivity index (χ3n) is 5.21. The molecule has 0 unspecified atom stereocenters. The third-order valence-corrected chi connectivity index (χ3v) is 5.21. The van der Waals surface area contributed by atoms with Crippen LogP contribution in [0.25, 0.3) is 10.9 Å². The molecule has 1 aromatic carbocycles. The fourth-order valence-electron chi connectivity index (χ4n) is 3.52. The predicted molar refractivity (Wildman–Crippen MR) is 93.4 cm³/mol. The van der Waals surface area contributed by atoms with Crippen LogP contribution in [0, 0.1) is 5.82 Å². The van der Waals surface area contributed by atoms with E-state index in [9.17, 15) is 23.5 Å². The van der Waals surface area contributed by atoms with Crippen LogP contribution in [-0.2, 0) is 0 Å². The Labute approximate surface area is 148 Å². The second kappa shape index (κ2) is 6.05. The molecule has 1 saturated carbocycles. The molecule has 0 radical (unpaired) electrons. The highest BCUT2D eigenvalue weighted by molar-refractivity contribution is 5.93. The number of pyridine rings is 1. The summed E-state index contributed by atoms with van der Waals surface area (Å²) in [4.78, 5) is 27.9. The molecule has 26 heavy (non-hydrogen) atoms. The maximum Gasteiger partial charge on any atom is 0.341 e. The highest BCUT2D eigenvalue weighted by atomic mass is 19.1. The fraction of sp³-hybridized carbons (Fsp3) is 0.444. The lowest BCUT2D eigenvalue weighted by atomic mass is 10.1. The molecule has 138 valence electrons. The third kappa shape index (κ3) is 2.74. The highest BCUT2D eigenvalue weighted by Gasteiger charge is 2.40. The molecule has 2 fully saturated rings. The van der Waals surface area contributed by atoms with Crippen LogP contribution < -0.4 is 10.3 Å². The minimum Gasteiger partial charge on any atom is -0.477 e. The molecule has 2 aliphatic rings. The van der Waals surface area contributed by atoms with Crippen LogP contribution in [0.3, 0.4) is 0 Å². The number of fused-ring (bicyclic) bond motifs is 1. The van der Waals surface area contributed by atoms with Crippen molar-refractivity contribution >= 4 is 22.6 Å². The molecule has 6 nitrogen and oxygen atoms in total. The zero-order chi connectivity index (χ0) is 18.6. The van der Waals surface area contributed by atoms with Gasteiger partial charge in [0.05, 0.1) is 17.2 Å². The van der Waals surface area contributed by atoms with Crippen LogP contribution in [0.4, 0.5) is 14.5 Å². The fourth-order valence-corrected chi connectivity index (χ4v) is 3.52. The van der Waals surface area contributed by atoms with E-state index in [1.165, 1.54) is 10.8 Å². The van der Waals surface area contributed by atoms with Crippen molar-refractivity contribution in [2.45, 2.75) is 18.6 Å². The summed E-state index contributed by atoms with van der Waals surface area (Å²) in [6.45, 7) is 2.87. The van der Waals surface area contributed by atoms with Crippen LogP contribution in [0.1, 0.15) is 22.8 Å². The lowest BCUT2D eigenvalue weighted by Gasteiger charge is -2.34. The molecular weight excluding hydrogens is 344 g/mol. The average molecular weight is 363 g/mol. The number of carboxylic acid groups (broad SMARTS) is 1. The lowest BCUT2D eigenvalue weighted by Crippen LogP contribution is -2.44. The summed E-state index contributed by atoms with van der Waals surface area (Å²) in [7, 11) is 1.99. The van der Waals surface area contributed by atoms with Gasteiger partial charge in [0.25, 0.3) is 0 Å². The number of alkyl halides is 1. The smallest absolute Gasteiger partial charge is 0.341 e. The van der Waals surface area contributed by atoms with E-state index < -0.39 is 35.0 Å². The molecule has 1 aliphatic carbocycles. The van der Waals surface area contributed by atoms with Crippen molar-refractivity contribution in [1.29, 1.82) is 0 Å². The second-order valence-corrected chi connectivity index (χ2v) is 7.01. The van der Waals surface area contributed by atoms with E-state index in [4.69, 9.17) is 0 Å². The van der Waals surface area contributed by atoms with Crippen LogP contribution in [0.2, 0.25) is 0 Å². The number of hydrogen-bond acceptors (Lipinski definition) is 4. The molecule has 2 atom stereocenters. The van der Waals surface area contributed by atoms with Crippen molar-refractivity contribution < 1.29 is 18.7 Å². The van der Waals surface area contributed by atoms with Crippen molar-refractivity contribution in [2.75, 3.05) is 38.1 Å². The maximum atomic E-state index is 14.7. The van der Waals surface area contributed by atoms with Crippen LogP contribution in [-0.4, -0.2) is 59.9 Å². The van der Waals surface area contributed by atoms with Crippen molar-refractivity contribution in [3.63, 3.8) is 0 Å². The first-order chi connectivity index (χ1) is 12.4. The molecule has 0 bridgehead atoms. The first-order valence-corrected chi connectivity index (χ1v) is 8.56. The summed E-state index contributed by atoms with van der Waals surface area (Å²) in [6.07, 6.45) is 0.362. The molecule has 0 amide bonds. The normalized spacial score (nSPS) is 23.4. The van der Waals surface area contributed by atoms with Gasteiger partial charge in [-0.25, -0.2) is 13.6 Å². The molecule has 2 heterocycles. The first kappa shape index (κ1) is 17.0. The number of aromatic nitrogens is 1. The number of carbonyl (C=O) groups is 1. The number of piperazine rings is 1. The average Bonchev–Trinajstić information content (AvgIpc) is 3.32. The van der Waals surface area contributed by atoms with Gasteiger partial charge in [0.2, 0.25) is 5.43 Å². The number of benzene rings is 1. The van der Waals surface area contributed by atoms with Crippen molar-refractivity contribution in [3.05, 3.63) is 39.9 Å². The van der Waals surface area contributed by atoms with Gasteiger partial charge in [-0.1, -0.05) is 0 Å². The Morgan fingerprint density at radius 1 is 1.23 bits per heavy atom. The lowest BCUT2D eigenvalue weighted by molar-refractivity contribution is 0.0694. The summed E-state index contributed by atoms with van der Waals surface area (Å²) >= 11 is 0. The van der Waals surface area contributed by atoms with Gasteiger partial charge in [-0.2, -0.15) is 0 Å². The number of hydrogen-bond donors (Lipinski definition) is 1. The van der Waals surface area contributed by atoms with Gasteiger partial charge in [-0.05, 0) is 19.2 Å². The number of nitrogens with zero attached hydrogens (tertiary/aromatic N) is 3. The first-order valence-electron chi connectivity index (χ1n) is 8.56. The van der Waals surface area contributed by atoms with E-state index in [0.29, 0.717) is 24.3 Å². The largest absolute Gasteiger partial charge is 0.477 e. The van der Waals surface area contributed by atoms with Crippen LogP contribution >= 0.6 is 0 Å². The topological polar surface area (TPSA) is 65.8 Å². The van der Waals surface area contributed by atoms with Gasteiger partial charge in [0, 0.05) is 44.2 Å². The summed E-state index contributed by atoms with van der Waals surface area (Å²) in [5.41, 5.74) is -0.481. The number of carboxylic acids is 1. The molecule has 1 aromatic heterocycles. The van der Waals surface area contributed by atoms with E-state index in [1.54, 1.807) is 6.07 Å². The van der Waals surface area contributed by atoms with Crippen molar-refractivity contribution in [2.24, 2.45) is 0 Å². The minimum absolute atomic E-state index is 0.0284. The van der Waals surface area contributed by atoms with Crippen LogP contribution in [0.15, 0.2) is 23.1 Å². The Morgan fingerprint density at radius 3 is 2.46 bits per heavy atom. The minimum atomic E-state index is -1.40. The van der Waals surface area contributed by atoms with E-state index in [2.05, 4.69) is 4.90 Å². The highest BCUT2D eigenvalue weighted by Crippen LogP contribution is 2.41. The van der Waals surface area contributed by atoms with Gasteiger partial charge in [0.1, 0.15) is 17.6 Å². The van der Waals surface area contributed by atoms with E-state index >= 15 is 0 Å². The van der Waals surface area contributed by atoms with Gasteiger partial charge in [0.15, 0.2) is 0 Å². The maximum absolute atomic E-state index is 14.7. The van der Waals surface area contributed by atoms with Gasteiger partial charge >= 0.3 is 5.97 Å². The second-order valence-electron chi connectivity index (χ2n) is 7.01. The Balaban J connectivity index is 1.90. The molecule has 1 aliphatic heterocycles. The van der Waals surface area contributed by atoms with Gasteiger partial charge < -0.3 is 19.5 Å². The quantitative estimate of drug-likeness (QED) is 0.902. The Bertz CT molecular complexity index is 951. The zero-order valence-corrected chi connectivity index (χ0v) is 14.3. The van der Waals surface area contributed by atoms with Gasteiger partial charge in [-0.3, -0.25) is 4.79 Å².